The number of alkyl halides is 2. The van der Waals surface area contributed by atoms with E-state index in [9.17, 15) is 13.6 Å². The fourth-order valence-corrected chi connectivity index (χ4v) is 2.99. The minimum Gasteiger partial charge on any atom is -0.442 e. The normalized spacial score (nSPS) is 16.2. The number of nitrogens with zero attached hydrogens (tertiary/aromatic N) is 2. The molecule has 0 saturated heterocycles. The molecule has 25 heavy (non-hydrogen) atoms. The average Bonchev–Trinajstić information content (AvgIpc) is 2.93. The SMILES string of the molecule is Cc1cn(-c2ccc3c(c2)OC(F)(F)O3)c(=NC(=O)OC(C)(C)C)s1. The number of carbonyl (C=O) groups is 1. The summed E-state index contributed by atoms with van der Waals surface area (Å²) in [6.45, 7) is 7.07. The van der Waals surface area contributed by atoms with Gasteiger partial charge in [-0.3, -0.25) is 4.57 Å². The van der Waals surface area contributed by atoms with Crippen molar-refractivity contribution >= 4 is 17.4 Å². The van der Waals surface area contributed by atoms with Crippen LogP contribution in [-0.4, -0.2) is 22.6 Å². The minimum atomic E-state index is -3.68. The summed E-state index contributed by atoms with van der Waals surface area (Å²) in [7, 11) is 0. The molecule has 0 N–H and O–H groups in total. The summed E-state index contributed by atoms with van der Waals surface area (Å²) < 4.78 is 41.9. The van der Waals surface area contributed by atoms with Crippen LogP contribution in [-0.2, 0) is 4.74 Å². The summed E-state index contributed by atoms with van der Waals surface area (Å²) in [4.78, 5) is 17.2. The molecule has 0 saturated carbocycles. The molecule has 0 spiro atoms. The largest absolute Gasteiger partial charge is 0.586 e. The zero-order valence-electron chi connectivity index (χ0n) is 14.0. The third-order valence-electron chi connectivity index (χ3n) is 3.01. The third kappa shape index (κ3) is 3.98. The zero-order valence-corrected chi connectivity index (χ0v) is 14.8. The Kier molecular flexibility index (Phi) is 4.06. The van der Waals surface area contributed by atoms with Crippen molar-refractivity contribution in [3.63, 3.8) is 0 Å². The van der Waals surface area contributed by atoms with Crippen molar-refractivity contribution in [2.75, 3.05) is 0 Å². The van der Waals surface area contributed by atoms with Crippen LogP contribution >= 0.6 is 11.3 Å². The number of ether oxygens (including phenoxy) is 3. The second-order valence-corrected chi connectivity index (χ2v) is 7.60. The number of benzene rings is 1. The Morgan fingerprint density at radius 3 is 2.64 bits per heavy atom. The number of hydrogen-bond donors (Lipinski definition) is 0. The van der Waals surface area contributed by atoms with Gasteiger partial charge in [0.2, 0.25) is 4.80 Å². The van der Waals surface area contributed by atoms with Crippen LogP contribution in [0.2, 0.25) is 0 Å². The molecular formula is C16H16F2N2O4S. The first-order chi connectivity index (χ1) is 11.5. The standard InChI is InChI=1S/C16H16F2N2O4S/c1-9-8-20(13(25-9)19-14(21)24-15(2,3)4)10-5-6-11-12(7-10)23-16(17,18)22-11/h5-8H,1-4H3. The summed E-state index contributed by atoms with van der Waals surface area (Å²) in [5.74, 6) is -0.131. The van der Waals surface area contributed by atoms with E-state index in [0.29, 0.717) is 10.5 Å². The van der Waals surface area contributed by atoms with Crippen molar-refractivity contribution in [1.82, 2.24) is 4.57 Å². The smallest absolute Gasteiger partial charge is 0.442 e. The minimum absolute atomic E-state index is 0.0491. The van der Waals surface area contributed by atoms with Crippen LogP contribution in [0.15, 0.2) is 29.4 Å². The molecule has 6 nitrogen and oxygen atoms in total. The molecule has 1 aliphatic heterocycles. The van der Waals surface area contributed by atoms with Gasteiger partial charge in [-0.2, -0.15) is 0 Å². The van der Waals surface area contributed by atoms with Crippen LogP contribution in [0.5, 0.6) is 11.5 Å². The Hall–Kier alpha value is -2.42. The van der Waals surface area contributed by atoms with Crippen molar-refractivity contribution < 1.29 is 27.8 Å². The highest BCUT2D eigenvalue weighted by atomic mass is 32.1. The maximum absolute atomic E-state index is 13.2. The monoisotopic (exact) mass is 370 g/mol. The van der Waals surface area contributed by atoms with E-state index >= 15 is 0 Å². The van der Waals surface area contributed by atoms with E-state index in [2.05, 4.69) is 14.5 Å². The van der Waals surface area contributed by atoms with Crippen LogP contribution in [0, 0.1) is 6.92 Å². The van der Waals surface area contributed by atoms with E-state index in [1.807, 2.05) is 6.92 Å². The molecule has 2 heterocycles. The van der Waals surface area contributed by atoms with E-state index in [-0.39, 0.29) is 11.5 Å². The molecular weight excluding hydrogens is 354 g/mol. The fraction of sp³-hybridized carbons (Fsp3) is 0.375. The molecule has 1 aromatic heterocycles. The number of fused-ring (bicyclic) bond motifs is 1. The fourth-order valence-electron chi connectivity index (χ4n) is 2.17. The van der Waals surface area contributed by atoms with Gasteiger partial charge in [0, 0.05) is 17.1 Å². The van der Waals surface area contributed by atoms with Gasteiger partial charge in [-0.1, -0.05) is 0 Å². The topological polar surface area (TPSA) is 62.0 Å². The number of aromatic nitrogens is 1. The highest BCUT2D eigenvalue weighted by Gasteiger charge is 2.43. The first kappa shape index (κ1) is 17.4. The van der Waals surface area contributed by atoms with Gasteiger partial charge in [0.15, 0.2) is 11.5 Å². The van der Waals surface area contributed by atoms with Crippen LogP contribution in [0.25, 0.3) is 5.69 Å². The van der Waals surface area contributed by atoms with Gasteiger partial charge in [0.25, 0.3) is 0 Å². The Morgan fingerprint density at radius 2 is 1.96 bits per heavy atom. The van der Waals surface area contributed by atoms with Gasteiger partial charge < -0.3 is 14.2 Å². The molecule has 9 heteroatoms. The van der Waals surface area contributed by atoms with Crippen molar-refractivity contribution in [1.29, 1.82) is 0 Å². The molecule has 134 valence electrons. The molecule has 0 fully saturated rings. The third-order valence-corrected chi connectivity index (χ3v) is 3.91. The molecule has 0 radical (unpaired) electrons. The van der Waals surface area contributed by atoms with Crippen molar-refractivity contribution in [2.45, 2.75) is 39.6 Å². The van der Waals surface area contributed by atoms with Gasteiger partial charge in [-0.15, -0.1) is 25.1 Å². The Bertz CT molecular complexity index is 896. The predicted molar refractivity (Wildman–Crippen MR) is 86.4 cm³/mol. The van der Waals surface area contributed by atoms with E-state index in [1.54, 1.807) is 37.6 Å². The number of rotatable bonds is 1. The van der Waals surface area contributed by atoms with E-state index in [4.69, 9.17) is 4.74 Å². The number of halogens is 2. The molecule has 0 bridgehead atoms. The number of carbonyl (C=O) groups excluding carboxylic acids is 1. The maximum Gasteiger partial charge on any atom is 0.586 e. The predicted octanol–water partition coefficient (Wildman–Crippen LogP) is 4.00. The van der Waals surface area contributed by atoms with Crippen molar-refractivity contribution in [2.24, 2.45) is 4.99 Å². The van der Waals surface area contributed by atoms with Crippen LogP contribution in [0.1, 0.15) is 25.6 Å². The van der Waals surface area contributed by atoms with Gasteiger partial charge in [0.1, 0.15) is 5.60 Å². The van der Waals surface area contributed by atoms with E-state index in [1.165, 1.54) is 23.5 Å². The zero-order chi connectivity index (χ0) is 18.4. The second-order valence-electron chi connectivity index (χ2n) is 6.39. The van der Waals surface area contributed by atoms with Gasteiger partial charge in [-0.25, -0.2) is 4.79 Å². The molecule has 1 aliphatic rings. The van der Waals surface area contributed by atoms with Gasteiger partial charge in [-0.05, 0) is 39.8 Å². The summed E-state index contributed by atoms with van der Waals surface area (Å²) in [6.07, 6.45) is -2.67. The average molecular weight is 370 g/mol. The second kappa shape index (κ2) is 5.83. The lowest BCUT2D eigenvalue weighted by atomic mass is 10.2. The van der Waals surface area contributed by atoms with Crippen LogP contribution in [0.4, 0.5) is 13.6 Å². The highest BCUT2D eigenvalue weighted by molar-refractivity contribution is 7.09. The van der Waals surface area contributed by atoms with Crippen molar-refractivity contribution in [3.05, 3.63) is 34.1 Å². The molecule has 2 aromatic rings. The van der Waals surface area contributed by atoms with Crippen LogP contribution in [0.3, 0.4) is 0 Å². The lowest BCUT2D eigenvalue weighted by Gasteiger charge is -2.17. The summed E-state index contributed by atoms with van der Waals surface area (Å²) in [5, 5.41) is 0. The van der Waals surface area contributed by atoms with Crippen LogP contribution < -0.4 is 14.3 Å². The Morgan fingerprint density at radius 1 is 1.28 bits per heavy atom. The number of hydrogen-bond acceptors (Lipinski definition) is 5. The van der Waals surface area contributed by atoms with Gasteiger partial charge in [0.05, 0.1) is 5.69 Å². The summed E-state index contributed by atoms with van der Waals surface area (Å²) in [6, 6.07) is 4.35. The lowest BCUT2D eigenvalue weighted by molar-refractivity contribution is -0.286. The molecule has 3 rings (SSSR count). The molecule has 0 aliphatic carbocycles. The first-order valence-corrected chi connectivity index (χ1v) is 8.21. The Labute approximate surface area is 146 Å². The van der Waals surface area contributed by atoms with E-state index < -0.39 is 18.0 Å². The molecule has 1 amide bonds. The number of amides is 1. The molecule has 0 unspecified atom stereocenters. The maximum atomic E-state index is 13.2. The number of thiazole rings is 1. The summed E-state index contributed by atoms with van der Waals surface area (Å²) >= 11 is 1.27. The highest BCUT2D eigenvalue weighted by Crippen LogP contribution is 2.41. The summed E-state index contributed by atoms with van der Waals surface area (Å²) in [5.41, 5.74) is -0.158. The quantitative estimate of drug-likeness (QED) is 0.761. The molecule has 0 atom stereocenters. The molecule has 1 aromatic carbocycles. The van der Waals surface area contributed by atoms with Crippen molar-refractivity contribution in [3.8, 4) is 17.2 Å². The first-order valence-electron chi connectivity index (χ1n) is 7.39. The Balaban J connectivity index is 1.99. The lowest BCUT2D eigenvalue weighted by Crippen LogP contribution is -2.25. The van der Waals surface area contributed by atoms with E-state index in [0.717, 1.165) is 4.88 Å². The van der Waals surface area contributed by atoms with Gasteiger partial charge >= 0.3 is 12.4 Å². The number of aryl methyl sites for hydroxylation is 1.